The maximum atomic E-state index is 5.94. The first kappa shape index (κ1) is 12.9. The molecule has 1 unspecified atom stereocenters. The third kappa shape index (κ3) is 3.00. The minimum Gasteiger partial charge on any atom is -0.371 e. The van der Waals surface area contributed by atoms with Crippen LogP contribution in [0, 0.1) is 0 Å². The fourth-order valence-electron chi connectivity index (χ4n) is 2.01. The fraction of sp³-hybridized carbons (Fsp3) is 0.818. The molecule has 1 aromatic rings. The van der Waals surface area contributed by atoms with Gasteiger partial charge in [-0.3, -0.25) is 0 Å². The Bertz CT molecular complexity index is 391. The third-order valence-electron chi connectivity index (χ3n) is 3.06. The second-order valence-corrected chi connectivity index (χ2v) is 6.00. The second-order valence-electron chi connectivity index (χ2n) is 5.01. The molecule has 0 saturated carbocycles. The van der Waals surface area contributed by atoms with Crippen LogP contribution in [0.1, 0.15) is 32.5 Å². The first-order valence-corrected chi connectivity index (χ1v) is 6.89. The van der Waals surface area contributed by atoms with E-state index in [0.717, 1.165) is 29.6 Å². The van der Waals surface area contributed by atoms with Gasteiger partial charge in [-0.15, -0.1) is 10.2 Å². The summed E-state index contributed by atoms with van der Waals surface area (Å²) in [6.07, 6.45) is 2.58. The maximum absolute atomic E-state index is 5.94. The van der Waals surface area contributed by atoms with Gasteiger partial charge in [0.05, 0.1) is 18.2 Å². The van der Waals surface area contributed by atoms with Crippen molar-refractivity contribution in [1.82, 2.24) is 14.8 Å². The number of thioether (sulfide) groups is 1. The molecule has 1 atom stereocenters. The molecular formula is C11H20N4OS. The van der Waals surface area contributed by atoms with Crippen LogP contribution in [0.4, 0.5) is 0 Å². The Balaban J connectivity index is 1.88. The number of nitrogens with zero attached hydrogens (tertiary/aromatic N) is 3. The summed E-state index contributed by atoms with van der Waals surface area (Å²) in [5.41, 5.74) is 5.60. The van der Waals surface area contributed by atoms with E-state index in [1.165, 1.54) is 0 Å². The molecule has 1 aliphatic heterocycles. The Morgan fingerprint density at radius 1 is 1.53 bits per heavy atom. The molecule has 2 N–H and O–H groups in total. The van der Waals surface area contributed by atoms with Gasteiger partial charge in [-0.1, -0.05) is 11.8 Å². The van der Waals surface area contributed by atoms with Crippen LogP contribution in [-0.2, 0) is 18.3 Å². The summed E-state index contributed by atoms with van der Waals surface area (Å²) in [7, 11) is 1.95. The molecule has 0 aliphatic carbocycles. The standard InChI is InChI=1S/C11H20N4OS/c1-11(2)5-4-8(16-11)7-17-10-14-13-9(6-12)15(10)3/h8H,4-7,12H2,1-3H3. The molecule has 5 nitrogen and oxygen atoms in total. The summed E-state index contributed by atoms with van der Waals surface area (Å²) < 4.78 is 7.89. The molecule has 1 aliphatic rings. The van der Waals surface area contributed by atoms with E-state index in [1.807, 2.05) is 11.6 Å². The molecule has 1 aromatic heterocycles. The van der Waals surface area contributed by atoms with Crippen molar-refractivity contribution in [2.45, 2.75) is 50.1 Å². The van der Waals surface area contributed by atoms with E-state index in [4.69, 9.17) is 10.5 Å². The Labute approximate surface area is 106 Å². The Hall–Kier alpha value is -0.590. The SMILES string of the molecule is Cn1c(CN)nnc1SCC1CCC(C)(C)O1. The number of nitrogens with two attached hydrogens (primary N) is 1. The zero-order valence-electron chi connectivity index (χ0n) is 10.6. The van der Waals surface area contributed by atoms with Gasteiger partial charge in [-0.05, 0) is 26.7 Å². The van der Waals surface area contributed by atoms with E-state index in [2.05, 4.69) is 24.0 Å². The lowest BCUT2D eigenvalue weighted by molar-refractivity contribution is -0.00469. The molecule has 0 aromatic carbocycles. The molecular weight excluding hydrogens is 236 g/mol. The van der Waals surface area contributed by atoms with Crippen LogP contribution in [0.5, 0.6) is 0 Å². The van der Waals surface area contributed by atoms with Crippen molar-refractivity contribution < 1.29 is 4.74 Å². The summed E-state index contributed by atoms with van der Waals surface area (Å²) in [4.78, 5) is 0. The van der Waals surface area contributed by atoms with Gasteiger partial charge < -0.3 is 15.0 Å². The number of hydrogen-bond acceptors (Lipinski definition) is 5. The lowest BCUT2D eigenvalue weighted by Gasteiger charge is -2.18. The third-order valence-corrected chi connectivity index (χ3v) is 4.21. The lowest BCUT2D eigenvalue weighted by atomic mass is 10.1. The first-order valence-electron chi connectivity index (χ1n) is 5.91. The number of ether oxygens (including phenoxy) is 1. The topological polar surface area (TPSA) is 66.0 Å². The van der Waals surface area contributed by atoms with Crippen LogP contribution in [-0.4, -0.2) is 32.2 Å². The van der Waals surface area contributed by atoms with E-state index >= 15 is 0 Å². The molecule has 0 amide bonds. The van der Waals surface area contributed by atoms with E-state index < -0.39 is 0 Å². The van der Waals surface area contributed by atoms with Crippen molar-refractivity contribution >= 4 is 11.8 Å². The minimum atomic E-state index is 0.0353. The normalized spacial score (nSPS) is 23.2. The van der Waals surface area contributed by atoms with Crippen LogP contribution in [0.15, 0.2) is 5.16 Å². The molecule has 0 radical (unpaired) electrons. The van der Waals surface area contributed by atoms with Gasteiger partial charge in [0.2, 0.25) is 0 Å². The summed E-state index contributed by atoms with van der Waals surface area (Å²) in [5.74, 6) is 1.75. The highest BCUT2D eigenvalue weighted by molar-refractivity contribution is 7.99. The molecule has 2 rings (SSSR count). The minimum absolute atomic E-state index is 0.0353. The van der Waals surface area contributed by atoms with Crippen molar-refractivity contribution in [2.24, 2.45) is 12.8 Å². The zero-order chi connectivity index (χ0) is 12.5. The molecule has 0 spiro atoms. The van der Waals surface area contributed by atoms with Crippen LogP contribution in [0.3, 0.4) is 0 Å². The molecule has 1 saturated heterocycles. The van der Waals surface area contributed by atoms with Gasteiger partial charge in [0.15, 0.2) is 5.16 Å². The molecule has 6 heteroatoms. The first-order chi connectivity index (χ1) is 8.02. The van der Waals surface area contributed by atoms with Crippen molar-refractivity contribution in [2.75, 3.05) is 5.75 Å². The van der Waals surface area contributed by atoms with Crippen LogP contribution < -0.4 is 5.73 Å². The highest BCUT2D eigenvalue weighted by Gasteiger charge is 2.31. The number of rotatable bonds is 4. The fourth-order valence-corrected chi connectivity index (χ4v) is 2.98. The average molecular weight is 256 g/mol. The average Bonchev–Trinajstić information content (AvgIpc) is 2.79. The molecule has 96 valence electrons. The van der Waals surface area contributed by atoms with Crippen molar-refractivity contribution in [3.63, 3.8) is 0 Å². The maximum Gasteiger partial charge on any atom is 0.191 e. The smallest absolute Gasteiger partial charge is 0.191 e. The molecule has 1 fully saturated rings. The summed E-state index contributed by atoms with van der Waals surface area (Å²) in [6, 6.07) is 0. The van der Waals surface area contributed by atoms with Gasteiger partial charge in [0.25, 0.3) is 0 Å². The van der Waals surface area contributed by atoms with Gasteiger partial charge in [-0.2, -0.15) is 0 Å². The van der Waals surface area contributed by atoms with Gasteiger partial charge >= 0.3 is 0 Å². The molecule has 0 bridgehead atoms. The van der Waals surface area contributed by atoms with Crippen molar-refractivity contribution in [3.05, 3.63) is 5.82 Å². The number of aromatic nitrogens is 3. The van der Waals surface area contributed by atoms with Gasteiger partial charge in [-0.25, -0.2) is 0 Å². The molecule has 2 heterocycles. The second kappa shape index (κ2) is 4.96. The van der Waals surface area contributed by atoms with Gasteiger partial charge in [0.1, 0.15) is 5.82 Å². The van der Waals surface area contributed by atoms with E-state index in [9.17, 15) is 0 Å². The lowest BCUT2D eigenvalue weighted by Crippen LogP contribution is -2.21. The molecule has 17 heavy (non-hydrogen) atoms. The Kier molecular flexibility index (Phi) is 3.75. The Morgan fingerprint density at radius 3 is 2.82 bits per heavy atom. The van der Waals surface area contributed by atoms with Crippen LogP contribution in [0.25, 0.3) is 0 Å². The highest BCUT2D eigenvalue weighted by atomic mass is 32.2. The highest BCUT2D eigenvalue weighted by Crippen LogP contribution is 2.32. The van der Waals surface area contributed by atoms with Crippen molar-refractivity contribution in [3.8, 4) is 0 Å². The van der Waals surface area contributed by atoms with Crippen LogP contribution >= 0.6 is 11.8 Å². The van der Waals surface area contributed by atoms with Crippen LogP contribution in [0.2, 0.25) is 0 Å². The van der Waals surface area contributed by atoms with E-state index in [1.54, 1.807) is 11.8 Å². The van der Waals surface area contributed by atoms with Gasteiger partial charge in [0, 0.05) is 12.8 Å². The quantitative estimate of drug-likeness (QED) is 0.823. The Morgan fingerprint density at radius 2 is 2.29 bits per heavy atom. The monoisotopic (exact) mass is 256 g/mol. The summed E-state index contributed by atoms with van der Waals surface area (Å²) >= 11 is 1.69. The zero-order valence-corrected chi connectivity index (χ0v) is 11.5. The summed E-state index contributed by atoms with van der Waals surface area (Å²) in [5, 5.41) is 9.07. The van der Waals surface area contributed by atoms with E-state index in [0.29, 0.717) is 12.6 Å². The predicted octanol–water partition coefficient (Wildman–Crippen LogP) is 1.32. The number of hydrogen-bond donors (Lipinski definition) is 1. The van der Waals surface area contributed by atoms with E-state index in [-0.39, 0.29) is 5.60 Å². The largest absolute Gasteiger partial charge is 0.371 e. The predicted molar refractivity (Wildman–Crippen MR) is 67.8 cm³/mol. The van der Waals surface area contributed by atoms with Crippen molar-refractivity contribution in [1.29, 1.82) is 0 Å². The summed E-state index contributed by atoms with van der Waals surface area (Å²) in [6.45, 7) is 4.72.